The first-order chi connectivity index (χ1) is 13.3. The van der Waals surface area contributed by atoms with E-state index < -0.39 is 0 Å². The molecule has 0 aliphatic carbocycles. The Morgan fingerprint density at radius 1 is 0.852 bits per heavy atom. The second kappa shape index (κ2) is 8.37. The SMILES string of the molecule is Clc1ccc(-c2nnc(SCc3ccccn3)n2Cc2ccccc2)cc1. The lowest BCUT2D eigenvalue weighted by Crippen LogP contribution is -2.04. The van der Waals surface area contributed by atoms with Crippen molar-refractivity contribution in [1.82, 2.24) is 19.7 Å². The molecule has 2 aromatic heterocycles. The molecule has 0 atom stereocenters. The Hall–Kier alpha value is -2.63. The van der Waals surface area contributed by atoms with Gasteiger partial charge in [0, 0.05) is 22.5 Å². The Balaban J connectivity index is 1.66. The third kappa shape index (κ3) is 4.38. The van der Waals surface area contributed by atoms with Crippen LogP contribution >= 0.6 is 23.4 Å². The van der Waals surface area contributed by atoms with Crippen LogP contribution in [0.2, 0.25) is 5.02 Å². The van der Waals surface area contributed by atoms with Crippen LogP contribution in [-0.2, 0) is 12.3 Å². The summed E-state index contributed by atoms with van der Waals surface area (Å²) < 4.78 is 2.15. The van der Waals surface area contributed by atoms with Gasteiger partial charge in [0.25, 0.3) is 0 Å². The largest absolute Gasteiger partial charge is 0.298 e. The Morgan fingerprint density at radius 2 is 1.63 bits per heavy atom. The van der Waals surface area contributed by atoms with Crippen LogP contribution in [0, 0.1) is 0 Å². The van der Waals surface area contributed by atoms with Gasteiger partial charge in [-0.1, -0.05) is 59.8 Å². The second-order valence-electron chi connectivity index (χ2n) is 5.99. The molecule has 0 aliphatic heterocycles. The molecule has 0 fully saturated rings. The Bertz CT molecular complexity index is 1000. The molecule has 0 amide bonds. The molecular formula is C21H17ClN4S. The van der Waals surface area contributed by atoms with Gasteiger partial charge in [-0.2, -0.15) is 0 Å². The molecule has 0 saturated heterocycles. The lowest BCUT2D eigenvalue weighted by Gasteiger charge is -2.10. The van der Waals surface area contributed by atoms with Crippen molar-refractivity contribution < 1.29 is 0 Å². The predicted octanol–water partition coefficient (Wildman–Crippen LogP) is 5.33. The molecule has 0 N–H and O–H groups in total. The number of rotatable bonds is 6. The zero-order valence-corrected chi connectivity index (χ0v) is 16.1. The standard InChI is InChI=1S/C21H17ClN4S/c22-18-11-9-17(10-12-18)20-24-25-21(27-15-19-8-4-5-13-23-19)26(20)14-16-6-2-1-3-7-16/h1-13H,14-15H2. The van der Waals surface area contributed by atoms with Gasteiger partial charge in [0.1, 0.15) is 0 Å². The highest BCUT2D eigenvalue weighted by atomic mass is 35.5. The summed E-state index contributed by atoms with van der Waals surface area (Å²) >= 11 is 7.68. The number of nitrogens with zero attached hydrogens (tertiary/aromatic N) is 4. The van der Waals surface area contributed by atoms with Crippen LogP contribution < -0.4 is 0 Å². The van der Waals surface area contributed by atoms with Crippen LogP contribution in [0.5, 0.6) is 0 Å². The molecule has 6 heteroatoms. The van der Waals surface area contributed by atoms with Crippen LogP contribution in [0.15, 0.2) is 84.1 Å². The molecular weight excluding hydrogens is 376 g/mol. The number of halogens is 1. The molecule has 0 radical (unpaired) electrons. The maximum absolute atomic E-state index is 6.04. The normalized spacial score (nSPS) is 10.9. The van der Waals surface area contributed by atoms with Gasteiger partial charge in [-0.3, -0.25) is 9.55 Å². The summed E-state index contributed by atoms with van der Waals surface area (Å²) in [6.45, 7) is 0.705. The van der Waals surface area contributed by atoms with Crippen LogP contribution in [0.4, 0.5) is 0 Å². The summed E-state index contributed by atoms with van der Waals surface area (Å²) in [6.07, 6.45) is 1.81. The number of aromatic nitrogens is 4. The monoisotopic (exact) mass is 392 g/mol. The van der Waals surface area contributed by atoms with Crippen molar-refractivity contribution in [1.29, 1.82) is 0 Å². The molecule has 27 heavy (non-hydrogen) atoms. The third-order valence-corrected chi connectivity index (χ3v) is 5.33. The summed E-state index contributed by atoms with van der Waals surface area (Å²) in [5, 5.41) is 10.5. The summed E-state index contributed by atoms with van der Waals surface area (Å²) in [6, 6.07) is 24.0. The van der Waals surface area contributed by atoms with Gasteiger partial charge in [-0.25, -0.2) is 0 Å². The van der Waals surface area contributed by atoms with E-state index in [1.165, 1.54) is 5.56 Å². The summed E-state index contributed by atoms with van der Waals surface area (Å²) in [5.41, 5.74) is 3.21. The molecule has 2 heterocycles. The first-order valence-corrected chi connectivity index (χ1v) is 9.92. The number of thioether (sulfide) groups is 1. The van der Waals surface area contributed by atoms with Crippen LogP contribution in [0.25, 0.3) is 11.4 Å². The minimum absolute atomic E-state index is 0.705. The molecule has 4 nitrogen and oxygen atoms in total. The average molecular weight is 393 g/mol. The molecule has 0 unspecified atom stereocenters. The second-order valence-corrected chi connectivity index (χ2v) is 7.37. The zero-order valence-electron chi connectivity index (χ0n) is 14.5. The van der Waals surface area contributed by atoms with Crippen molar-refractivity contribution in [2.24, 2.45) is 0 Å². The van der Waals surface area contributed by atoms with Gasteiger partial charge in [-0.15, -0.1) is 10.2 Å². The number of benzene rings is 2. The lowest BCUT2D eigenvalue weighted by molar-refractivity contribution is 0.714. The molecule has 0 aliphatic rings. The van der Waals surface area contributed by atoms with Gasteiger partial charge in [0.15, 0.2) is 11.0 Å². The summed E-state index contributed by atoms with van der Waals surface area (Å²) in [4.78, 5) is 4.39. The maximum atomic E-state index is 6.04. The van der Waals surface area contributed by atoms with E-state index in [0.29, 0.717) is 11.6 Å². The minimum Gasteiger partial charge on any atom is -0.298 e. The van der Waals surface area contributed by atoms with E-state index in [2.05, 4.69) is 31.9 Å². The van der Waals surface area contributed by atoms with E-state index in [4.69, 9.17) is 11.6 Å². The van der Waals surface area contributed by atoms with Crippen molar-refractivity contribution in [2.45, 2.75) is 17.5 Å². The van der Waals surface area contributed by atoms with E-state index in [1.807, 2.05) is 66.9 Å². The van der Waals surface area contributed by atoms with E-state index in [1.54, 1.807) is 11.8 Å². The fourth-order valence-corrected chi connectivity index (χ4v) is 3.72. The van der Waals surface area contributed by atoms with Gasteiger partial charge in [-0.05, 0) is 42.0 Å². The van der Waals surface area contributed by atoms with Crippen LogP contribution in [-0.4, -0.2) is 19.7 Å². The molecule has 4 aromatic rings. The van der Waals surface area contributed by atoms with Crippen molar-refractivity contribution in [3.8, 4) is 11.4 Å². The van der Waals surface area contributed by atoms with Crippen molar-refractivity contribution in [3.63, 3.8) is 0 Å². The number of pyridine rings is 1. The first-order valence-electron chi connectivity index (χ1n) is 8.55. The van der Waals surface area contributed by atoms with E-state index >= 15 is 0 Å². The summed E-state index contributed by atoms with van der Waals surface area (Å²) in [5.74, 6) is 1.58. The van der Waals surface area contributed by atoms with Crippen molar-refractivity contribution in [3.05, 3.63) is 95.3 Å². The molecule has 134 valence electrons. The predicted molar refractivity (Wildman–Crippen MR) is 110 cm³/mol. The molecule has 2 aromatic carbocycles. The summed E-state index contributed by atoms with van der Waals surface area (Å²) in [7, 11) is 0. The van der Waals surface area contributed by atoms with Crippen molar-refractivity contribution >= 4 is 23.4 Å². The minimum atomic E-state index is 0.705. The maximum Gasteiger partial charge on any atom is 0.192 e. The Labute approximate surface area is 167 Å². The fourth-order valence-electron chi connectivity index (χ4n) is 2.74. The lowest BCUT2D eigenvalue weighted by atomic mass is 10.2. The first kappa shape index (κ1) is 17.8. The quantitative estimate of drug-likeness (QED) is 0.416. The highest BCUT2D eigenvalue weighted by Gasteiger charge is 2.15. The number of hydrogen-bond acceptors (Lipinski definition) is 4. The Kier molecular flexibility index (Phi) is 5.51. The topological polar surface area (TPSA) is 43.6 Å². The highest BCUT2D eigenvalue weighted by Crippen LogP contribution is 2.27. The van der Waals surface area contributed by atoms with Crippen LogP contribution in [0.1, 0.15) is 11.3 Å². The third-order valence-electron chi connectivity index (χ3n) is 4.08. The number of hydrogen-bond donors (Lipinski definition) is 0. The molecule has 4 rings (SSSR count). The van der Waals surface area contributed by atoms with Gasteiger partial charge >= 0.3 is 0 Å². The molecule has 0 saturated carbocycles. The molecule has 0 spiro atoms. The van der Waals surface area contributed by atoms with Gasteiger partial charge < -0.3 is 0 Å². The zero-order chi connectivity index (χ0) is 18.5. The van der Waals surface area contributed by atoms with E-state index in [-0.39, 0.29) is 0 Å². The molecule has 0 bridgehead atoms. The van der Waals surface area contributed by atoms with Gasteiger partial charge in [0.2, 0.25) is 0 Å². The average Bonchev–Trinajstić information content (AvgIpc) is 3.11. The van der Waals surface area contributed by atoms with Crippen molar-refractivity contribution in [2.75, 3.05) is 0 Å². The van der Waals surface area contributed by atoms with E-state index in [9.17, 15) is 0 Å². The smallest absolute Gasteiger partial charge is 0.192 e. The van der Waals surface area contributed by atoms with Crippen LogP contribution in [0.3, 0.4) is 0 Å². The van der Waals surface area contributed by atoms with Gasteiger partial charge in [0.05, 0.1) is 12.2 Å². The fraction of sp³-hybridized carbons (Fsp3) is 0.0952. The Morgan fingerprint density at radius 3 is 2.37 bits per heavy atom. The van der Waals surface area contributed by atoms with E-state index in [0.717, 1.165) is 28.0 Å². The highest BCUT2D eigenvalue weighted by molar-refractivity contribution is 7.98.